The van der Waals surface area contributed by atoms with Crippen LogP contribution in [0.15, 0.2) is 12.1 Å². The second-order valence-corrected chi connectivity index (χ2v) is 7.64. The first-order valence-corrected chi connectivity index (χ1v) is 8.79. The summed E-state index contributed by atoms with van der Waals surface area (Å²) in [5.41, 5.74) is 0.637. The van der Waals surface area contributed by atoms with E-state index in [0.29, 0.717) is 24.2 Å². The third-order valence-corrected chi connectivity index (χ3v) is 5.80. The summed E-state index contributed by atoms with van der Waals surface area (Å²) in [4.78, 5) is 11.1. The summed E-state index contributed by atoms with van der Waals surface area (Å²) in [6, 6.07) is 2.77. The van der Waals surface area contributed by atoms with Gasteiger partial charge in [-0.15, -0.1) is 0 Å². The molecule has 3 fully saturated rings. The Bertz CT molecular complexity index is 611. The van der Waals surface area contributed by atoms with E-state index in [9.17, 15) is 9.18 Å². The maximum Gasteiger partial charge on any atom is 0.338 e. The van der Waals surface area contributed by atoms with Gasteiger partial charge in [0.05, 0.1) is 12.2 Å². The van der Waals surface area contributed by atoms with Crippen molar-refractivity contribution in [3.63, 3.8) is 0 Å². The van der Waals surface area contributed by atoms with Crippen LogP contribution < -0.4 is 4.74 Å². The van der Waals surface area contributed by atoms with Crippen LogP contribution in [0.3, 0.4) is 0 Å². The molecule has 0 saturated heterocycles. The van der Waals surface area contributed by atoms with Gasteiger partial charge in [-0.3, -0.25) is 0 Å². The first-order valence-electron chi connectivity index (χ1n) is 8.79. The normalized spacial score (nSPS) is 29.5. The van der Waals surface area contributed by atoms with E-state index in [-0.39, 0.29) is 5.56 Å². The number of rotatable bonds is 5. The van der Waals surface area contributed by atoms with Gasteiger partial charge in [-0.05, 0) is 67.4 Å². The zero-order chi connectivity index (χ0) is 16.0. The van der Waals surface area contributed by atoms with Crippen molar-refractivity contribution in [2.24, 2.45) is 17.8 Å². The highest BCUT2D eigenvalue weighted by molar-refractivity contribution is 5.88. The van der Waals surface area contributed by atoms with Gasteiger partial charge < -0.3 is 9.84 Å². The van der Waals surface area contributed by atoms with E-state index in [2.05, 4.69) is 0 Å². The van der Waals surface area contributed by atoms with E-state index in [1.807, 2.05) is 0 Å². The lowest BCUT2D eigenvalue weighted by atomic mass is 9.81. The van der Waals surface area contributed by atoms with Crippen molar-refractivity contribution in [2.75, 3.05) is 6.61 Å². The number of ether oxygens (including phenoxy) is 1. The molecule has 3 aliphatic carbocycles. The highest BCUT2D eigenvalue weighted by Gasteiger charge is 2.35. The maximum absolute atomic E-state index is 14.0. The topological polar surface area (TPSA) is 46.5 Å². The lowest BCUT2D eigenvalue weighted by Gasteiger charge is -2.28. The van der Waals surface area contributed by atoms with Gasteiger partial charge in [0.1, 0.15) is 11.6 Å². The van der Waals surface area contributed by atoms with Crippen LogP contribution in [-0.4, -0.2) is 17.7 Å². The Hall–Kier alpha value is -1.58. The molecule has 3 aliphatic rings. The molecule has 3 atom stereocenters. The Labute approximate surface area is 135 Å². The molecular weight excluding hydrogens is 295 g/mol. The molecule has 4 rings (SSSR count). The standard InChI is InChI=1S/C19H23FO3/c20-17-9-18(15(14-3-4-14)8-16(17)19(21)22)23-10-13-6-11-1-2-12(5-11)7-13/h8-9,11-14H,1-7,10H2,(H,21,22)/t11-,12+,13?. The van der Waals surface area contributed by atoms with Gasteiger partial charge in [-0.1, -0.05) is 12.8 Å². The number of carbonyl (C=O) groups is 1. The minimum atomic E-state index is -1.21. The molecule has 0 radical (unpaired) electrons. The van der Waals surface area contributed by atoms with E-state index >= 15 is 0 Å². The molecule has 0 aliphatic heterocycles. The Kier molecular flexibility index (Phi) is 3.78. The van der Waals surface area contributed by atoms with Gasteiger partial charge >= 0.3 is 5.97 Å². The van der Waals surface area contributed by atoms with E-state index in [4.69, 9.17) is 9.84 Å². The predicted molar refractivity (Wildman–Crippen MR) is 84.4 cm³/mol. The number of aromatic carboxylic acids is 1. The largest absolute Gasteiger partial charge is 0.493 e. The van der Waals surface area contributed by atoms with Crippen molar-refractivity contribution in [1.29, 1.82) is 0 Å². The number of hydrogen-bond donors (Lipinski definition) is 1. The van der Waals surface area contributed by atoms with Crippen LogP contribution in [0.2, 0.25) is 0 Å². The average Bonchev–Trinajstić information content (AvgIpc) is 3.30. The number of fused-ring (bicyclic) bond motifs is 2. The molecule has 0 amide bonds. The van der Waals surface area contributed by atoms with E-state index in [1.165, 1.54) is 44.2 Å². The lowest BCUT2D eigenvalue weighted by Crippen LogP contribution is -2.22. The minimum Gasteiger partial charge on any atom is -0.493 e. The Balaban J connectivity index is 1.49. The molecule has 2 bridgehead atoms. The number of halogens is 1. The molecule has 0 spiro atoms. The highest BCUT2D eigenvalue weighted by atomic mass is 19.1. The van der Waals surface area contributed by atoms with Crippen LogP contribution in [0.25, 0.3) is 0 Å². The third kappa shape index (κ3) is 3.08. The second-order valence-electron chi connectivity index (χ2n) is 7.64. The number of hydrogen-bond acceptors (Lipinski definition) is 2. The average molecular weight is 318 g/mol. The summed E-state index contributed by atoms with van der Waals surface area (Å²) in [5, 5.41) is 9.10. The summed E-state index contributed by atoms with van der Waals surface area (Å²) in [5.74, 6) is 1.28. The van der Waals surface area contributed by atoms with E-state index in [1.54, 1.807) is 0 Å². The Morgan fingerprint density at radius 1 is 1.13 bits per heavy atom. The van der Waals surface area contributed by atoms with Crippen molar-refractivity contribution >= 4 is 5.97 Å². The van der Waals surface area contributed by atoms with Crippen LogP contribution in [-0.2, 0) is 0 Å². The molecule has 124 valence electrons. The fraction of sp³-hybridized carbons (Fsp3) is 0.632. The van der Waals surface area contributed by atoms with E-state index in [0.717, 1.165) is 30.2 Å². The van der Waals surface area contributed by atoms with Crippen LogP contribution in [0.4, 0.5) is 4.39 Å². The van der Waals surface area contributed by atoms with E-state index < -0.39 is 11.8 Å². The zero-order valence-corrected chi connectivity index (χ0v) is 13.3. The summed E-state index contributed by atoms with van der Waals surface area (Å²) in [7, 11) is 0. The quantitative estimate of drug-likeness (QED) is 0.862. The predicted octanol–water partition coefficient (Wildman–Crippen LogP) is 4.61. The van der Waals surface area contributed by atoms with Crippen molar-refractivity contribution in [3.05, 3.63) is 29.1 Å². The van der Waals surface area contributed by atoms with Gasteiger partial charge in [0.25, 0.3) is 0 Å². The SMILES string of the molecule is O=C(O)c1cc(C2CC2)c(OCC2C[C@H]3CC[C@@H](C2)C3)cc1F. The first-order chi connectivity index (χ1) is 11.1. The lowest BCUT2D eigenvalue weighted by molar-refractivity contribution is 0.0691. The minimum absolute atomic E-state index is 0.241. The van der Waals surface area contributed by atoms with Gasteiger partial charge in [-0.2, -0.15) is 0 Å². The summed E-state index contributed by atoms with van der Waals surface area (Å²) in [6.07, 6.45) is 8.62. The smallest absolute Gasteiger partial charge is 0.338 e. The van der Waals surface area contributed by atoms with Gasteiger partial charge in [0.15, 0.2) is 0 Å². The molecule has 1 N–H and O–H groups in total. The van der Waals surface area contributed by atoms with Gasteiger partial charge in [-0.25, -0.2) is 9.18 Å². The number of carboxylic acids is 1. The van der Waals surface area contributed by atoms with Crippen molar-refractivity contribution in [1.82, 2.24) is 0 Å². The molecule has 1 aromatic rings. The molecular formula is C19H23FO3. The molecule has 3 saturated carbocycles. The summed E-state index contributed by atoms with van der Waals surface area (Å²) < 4.78 is 20.0. The molecule has 4 heteroatoms. The monoisotopic (exact) mass is 318 g/mol. The van der Waals surface area contributed by atoms with Crippen molar-refractivity contribution in [3.8, 4) is 5.75 Å². The van der Waals surface area contributed by atoms with Crippen molar-refractivity contribution in [2.45, 2.75) is 50.9 Å². The van der Waals surface area contributed by atoms with Gasteiger partial charge in [0, 0.05) is 6.07 Å². The van der Waals surface area contributed by atoms with Crippen molar-refractivity contribution < 1.29 is 19.0 Å². The second kappa shape index (κ2) is 5.81. The van der Waals surface area contributed by atoms with Crippen LogP contribution in [0.1, 0.15) is 66.8 Å². The highest BCUT2D eigenvalue weighted by Crippen LogP contribution is 2.47. The molecule has 0 aromatic heterocycles. The van der Waals surface area contributed by atoms with Crippen LogP contribution >= 0.6 is 0 Å². The Morgan fingerprint density at radius 2 is 1.83 bits per heavy atom. The fourth-order valence-electron chi connectivity index (χ4n) is 4.56. The maximum atomic E-state index is 14.0. The number of benzene rings is 1. The summed E-state index contributed by atoms with van der Waals surface area (Å²) in [6.45, 7) is 0.637. The number of carboxylic acid groups (broad SMARTS) is 1. The molecule has 23 heavy (non-hydrogen) atoms. The fourth-order valence-corrected chi connectivity index (χ4v) is 4.56. The zero-order valence-electron chi connectivity index (χ0n) is 13.3. The molecule has 1 unspecified atom stereocenters. The first kappa shape index (κ1) is 15.0. The Morgan fingerprint density at radius 3 is 2.43 bits per heavy atom. The van der Waals surface area contributed by atoms with Crippen LogP contribution in [0, 0.1) is 23.6 Å². The van der Waals surface area contributed by atoms with Gasteiger partial charge in [0.2, 0.25) is 0 Å². The summed E-state index contributed by atoms with van der Waals surface area (Å²) >= 11 is 0. The van der Waals surface area contributed by atoms with Crippen LogP contribution in [0.5, 0.6) is 5.75 Å². The molecule has 3 nitrogen and oxygen atoms in total. The molecule has 0 heterocycles. The third-order valence-electron chi connectivity index (χ3n) is 5.80. The molecule has 1 aromatic carbocycles.